The summed E-state index contributed by atoms with van der Waals surface area (Å²) in [6.45, 7) is 0. The van der Waals surface area contributed by atoms with Crippen molar-refractivity contribution in [3.8, 4) is 0 Å². The zero-order valence-electron chi connectivity index (χ0n) is 7.97. The summed E-state index contributed by atoms with van der Waals surface area (Å²) < 4.78 is 2.08. The van der Waals surface area contributed by atoms with E-state index >= 15 is 0 Å². The third-order valence-corrected chi connectivity index (χ3v) is 4.89. The van der Waals surface area contributed by atoms with E-state index in [4.69, 9.17) is 0 Å². The molecule has 0 N–H and O–H groups in total. The zero-order chi connectivity index (χ0) is 9.97. The third-order valence-electron chi connectivity index (χ3n) is 2.92. The summed E-state index contributed by atoms with van der Waals surface area (Å²) in [5.41, 5.74) is 1.42. The molecule has 0 amide bonds. The highest BCUT2D eigenvalue weighted by Gasteiger charge is 2.18. The number of nitrogens with zero attached hydrogens (tertiary/aromatic N) is 1. The summed E-state index contributed by atoms with van der Waals surface area (Å²) in [6, 6.07) is 2.14. The number of hydrogen-bond acceptors (Lipinski definition) is 1. The van der Waals surface area contributed by atoms with Gasteiger partial charge in [-0.2, -0.15) is 0 Å². The smallest absolute Gasteiger partial charge is 0.120 e. The molecule has 3 heteroatoms. The third kappa shape index (κ3) is 2.19. The summed E-state index contributed by atoms with van der Waals surface area (Å²) in [5.74, 6) is 0.734. The van der Waals surface area contributed by atoms with Gasteiger partial charge in [0.05, 0.1) is 4.47 Å². The Kier molecular flexibility index (Phi) is 3.61. The van der Waals surface area contributed by atoms with Crippen molar-refractivity contribution < 1.29 is 0 Å². The number of aromatic nitrogens is 1. The normalized spacial score (nSPS) is 18.4. The molecule has 1 saturated carbocycles. The van der Waals surface area contributed by atoms with Gasteiger partial charge in [0.15, 0.2) is 0 Å². The van der Waals surface area contributed by atoms with Crippen molar-refractivity contribution in [1.29, 1.82) is 0 Å². The van der Waals surface area contributed by atoms with Crippen molar-refractivity contribution in [1.82, 2.24) is 4.98 Å². The zero-order valence-corrected chi connectivity index (χ0v) is 11.1. The van der Waals surface area contributed by atoms with Gasteiger partial charge >= 0.3 is 0 Å². The lowest BCUT2D eigenvalue weighted by Crippen LogP contribution is -2.05. The van der Waals surface area contributed by atoms with Gasteiger partial charge in [-0.25, -0.2) is 4.98 Å². The fourth-order valence-electron chi connectivity index (χ4n) is 2.16. The molecule has 76 valence electrons. The van der Waals surface area contributed by atoms with E-state index < -0.39 is 0 Å². The van der Waals surface area contributed by atoms with Crippen LogP contribution in [0.25, 0.3) is 0 Å². The molecule has 0 saturated heterocycles. The molecule has 0 radical (unpaired) electrons. The average molecular weight is 319 g/mol. The van der Waals surface area contributed by atoms with E-state index in [0.717, 1.165) is 15.0 Å². The van der Waals surface area contributed by atoms with Crippen LogP contribution in [0.5, 0.6) is 0 Å². The minimum atomic E-state index is 0.734. The van der Waals surface area contributed by atoms with E-state index in [1.807, 2.05) is 6.20 Å². The molecule has 0 spiro atoms. The Balaban J connectivity index is 2.26. The first-order valence-electron chi connectivity index (χ1n) is 5.09. The highest BCUT2D eigenvalue weighted by atomic mass is 79.9. The average Bonchev–Trinajstić information content (AvgIpc) is 2.23. The van der Waals surface area contributed by atoms with Crippen LogP contribution in [0.1, 0.15) is 43.6 Å². The van der Waals surface area contributed by atoms with Crippen molar-refractivity contribution in [3.05, 3.63) is 26.9 Å². The van der Waals surface area contributed by atoms with Crippen LogP contribution in [0.2, 0.25) is 0 Å². The second-order valence-corrected chi connectivity index (χ2v) is 5.38. The van der Waals surface area contributed by atoms with Gasteiger partial charge in [-0.15, -0.1) is 0 Å². The van der Waals surface area contributed by atoms with Crippen molar-refractivity contribution in [2.75, 3.05) is 0 Å². The second kappa shape index (κ2) is 4.75. The molecule has 1 fully saturated rings. The first kappa shape index (κ1) is 10.6. The van der Waals surface area contributed by atoms with Crippen LogP contribution < -0.4 is 0 Å². The lowest BCUT2D eigenvalue weighted by Gasteiger charge is -2.23. The van der Waals surface area contributed by atoms with Gasteiger partial charge in [-0.3, -0.25) is 0 Å². The Labute approximate surface area is 102 Å². The van der Waals surface area contributed by atoms with Gasteiger partial charge in [0.1, 0.15) is 4.60 Å². The molecule has 1 nitrogen and oxygen atoms in total. The minimum Gasteiger partial charge on any atom is -0.248 e. The van der Waals surface area contributed by atoms with Gasteiger partial charge in [0, 0.05) is 6.20 Å². The molecule has 1 aromatic heterocycles. The van der Waals surface area contributed by atoms with Crippen LogP contribution in [0.15, 0.2) is 21.3 Å². The van der Waals surface area contributed by atoms with E-state index in [1.165, 1.54) is 37.7 Å². The fourth-order valence-corrected chi connectivity index (χ4v) is 3.07. The van der Waals surface area contributed by atoms with Gasteiger partial charge in [-0.1, -0.05) is 19.3 Å². The van der Waals surface area contributed by atoms with Crippen molar-refractivity contribution in [2.45, 2.75) is 38.0 Å². The van der Waals surface area contributed by atoms with E-state index in [1.54, 1.807) is 0 Å². The molecule has 1 aliphatic rings. The molecule has 0 bridgehead atoms. The maximum atomic E-state index is 4.20. The molecule has 0 aliphatic heterocycles. The van der Waals surface area contributed by atoms with Crippen LogP contribution in [-0.4, -0.2) is 4.98 Å². The predicted octanol–water partition coefficient (Wildman–Crippen LogP) is 4.65. The lowest BCUT2D eigenvalue weighted by molar-refractivity contribution is 0.442. The largest absolute Gasteiger partial charge is 0.248 e. The van der Waals surface area contributed by atoms with Crippen LogP contribution in [-0.2, 0) is 0 Å². The molecule has 2 rings (SSSR count). The molecule has 14 heavy (non-hydrogen) atoms. The van der Waals surface area contributed by atoms with Crippen molar-refractivity contribution >= 4 is 31.9 Å². The van der Waals surface area contributed by atoms with Gasteiger partial charge in [-0.05, 0) is 62.2 Å². The van der Waals surface area contributed by atoms with Crippen LogP contribution in [0.3, 0.4) is 0 Å². The molecule has 0 unspecified atom stereocenters. The Morgan fingerprint density at radius 3 is 2.57 bits per heavy atom. The second-order valence-electron chi connectivity index (χ2n) is 3.84. The topological polar surface area (TPSA) is 12.9 Å². The first-order chi connectivity index (χ1) is 6.79. The fraction of sp³-hybridized carbons (Fsp3) is 0.545. The summed E-state index contributed by atoms with van der Waals surface area (Å²) in [7, 11) is 0. The van der Waals surface area contributed by atoms with Crippen molar-refractivity contribution in [2.24, 2.45) is 0 Å². The Morgan fingerprint density at radius 1 is 1.14 bits per heavy atom. The molecule has 1 heterocycles. The first-order valence-corrected chi connectivity index (χ1v) is 6.67. The van der Waals surface area contributed by atoms with Gasteiger partial charge in [0.25, 0.3) is 0 Å². The monoisotopic (exact) mass is 317 g/mol. The molecule has 0 atom stereocenters. The highest BCUT2D eigenvalue weighted by Crippen LogP contribution is 2.38. The SMILES string of the molecule is Brc1nccc(C2CCCCC2)c1Br. The number of pyridine rings is 1. The quantitative estimate of drug-likeness (QED) is 0.687. The Bertz CT molecular complexity index is 319. The molecule has 1 aromatic rings. The lowest BCUT2D eigenvalue weighted by atomic mass is 9.84. The minimum absolute atomic E-state index is 0.734. The standard InChI is InChI=1S/C11H13Br2N/c12-10-9(6-7-14-11(10)13)8-4-2-1-3-5-8/h6-8H,1-5H2. The predicted molar refractivity (Wildman–Crippen MR) is 65.5 cm³/mol. The molecule has 1 aliphatic carbocycles. The van der Waals surface area contributed by atoms with Gasteiger partial charge < -0.3 is 0 Å². The Hall–Kier alpha value is 0.110. The molecule has 0 aromatic carbocycles. The van der Waals surface area contributed by atoms with E-state index in [9.17, 15) is 0 Å². The van der Waals surface area contributed by atoms with E-state index in [-0.39, 0.29) is 0 Å². The van der Waals surface area contributed by atoms with E-state index in [2.05, 4.69) is 42.9 Å². The Morgan fingerprint density at radius 2 is 1.86 bits per heavy atom. The van der Waals surface area contributed by atoms with Crippen LogP contribution in [0.4, 0.5) is 0 Å². The maximum absolute atomic E-state index is 4.20. The maximum Gasteiger partial charge on any atom is 0.120 e. The molecular formula is C11H13Br2N. The summed E-state index contributed by atoms with van der Waals surface area (Å²) in [6.07, 6.45) is 8.69. The van der Waals surface area contributed by atoms with Crippen LogP contribution in [0, 0.1) is 0 Å². The van der Waals surface area contributed by atoms with E-state index in [0.29, 0.717) is 0 Å². The summed E-state index contributed by atoms with van der Waals surface area (Å²) in [5, 5.41) is 0. The number of hydrogen-bond donors (Lipinski definition) is 0. The highest BCUT2D eigenvalue weighted by molar-refractivity contribution is 9.13. The number of halogens is 2. The van der Waals surface area contributed by atoms with Crippen molar-refractivity contribution in [3.63, 3.8) is 0 Å². The van der Waals surface area contributed by atoms with Crippen LogP contribution >= 0.6 is 31.9 Å². The summed E-state index contributed by atoms with van der Waals surface area (Å²) >= 11 is 7.06. The summed E-state index contributed by atoms with van der Waals surface area (Å²) in [4.78, 5) is 4.20. The van der Waals surface area contributed by atoms with Gasteiger partial charge in [0.2, 0.25) is 0 Å². The number of rotatable bonds is 1. The molecular weight excluding hydrogens is 306 g/mol.